The molecule has 1 aliphatic rings. The van der Waals surface area contributed by atoms with Crippen LogP contribution in [0.4, 0.5) is 0 Å². The van der Waals surface area contributed by atoms with Crippen molar-refractivity contribution in [2.24, 2.45) is 0 Å². The molecule has 0 radical (unpaired) electrons. The fourth-order valence-electron chi connectivity index (χ4n) is 2.86. The molecular weight excluding hydrogens is 348 g/mol. The molecule has 0 bridgehead atoms. The maximum Gasteiger partial charge on any atom is 0.278 e. The van der Waals surface area contributed by atoms with Crippen LogP contribution >= 0.6 is 11.3 Å². The average molecular weight is 375 g/mol. The van der Waals surface area contributed by atoms with Gasteiger partial charge in [0.25, 0.3) is 10.2 Å². The van der Waals surface area contributed by atoms with E-state index in [4.69, 9.17) is 0 Å². The fourth-order valence-corrected chi connectivity index (χ4v) is 4.11. The number of rotatable bonds is 7. The molecule has 0 unspecified atom stereocenters. The van der Waals surface area contributed by atoms with E-state index in [-0.39, 0.29) is 11.9 Å². The number of amides is 1. The van der Waals surface area contributed by atoms with Crippen LogP contribution in [0.25, 0.3) is 0 Å². The molecule has 1 N–H and O–H groups in total. The van der Waals surface area contributed by atoms with Crippen LogP contribution in [0, 0.1) is 6.92 Å². The number of piperidine rings is 1. The predicted molar refractivity (Wildman–Crippen MR) is 95.1 cm³/mol. The van der Waals surface area contributed by atoms with Crippen LogP contribution in [0.5, 0.6) is 0 Å². The number of hydrogen-bond acceptors (Lipinski definition) is 5. The number of carbonyl (C=O) groups excluding carboxylic acids is 1. The Kier molecular flexibility index (Phi) is 6.73. The van der Waals surface area contributed by atoms with E-state index in [0.29, 0.717) is 19.4 Å². The lowest BCUT2D eigenvalue weighted by Gasteiger charge is -2.36. The third-order valence-electron chi connectivity index (χ3n) is 4.19. The Labute approximate surface area is 148 Å². The number of carbonyl (C=O) groups is 1. The molecule has 1 aliphatic heterocycles. The molecule has 2 rings (SSSR count). The molecule has 1 amide bonds. The highest BCUT2D eigenvalue weighted by molar-refractivity contribution is 7.87. The molecule has 1 saturated heterocycles. The van der Waals surface area contributed by atoms with E-state index in [0.717, 1.165) is 40.8 Å². The zero-order valence-corrected chi connectivity index (χ0v) is 16.1. The molecule has 0 aromatic carbocycles. The molecule has 1 atom stereocenters. The Morgan fingerprint density at radius 1 is 1.46 bits per heavy atom. The number of nitrogens with one attached hydrogen (secondary N) is 1. The van der Waals surface area contributed by atoms with Gasteiger partial charge in [-0.1, -0.05) is 0 Å². The summed E-state index contributed by atoms with van der Waals surface area (Å²) >= 11 is 1.55. The first kappa shape index (κ1) is 19.3. The summed E-state index contributed by atoms with van der Waals surface area (Å²) in [5.41, 5.74) is 0.820. The predicted octanol–water partition coefficient (Wildman–Crippen LogP) is 1.16. The SMILES string of the molecule is Cc1nc(CC(=O)N2CCCC[C@H]2CCNS(=O)(=O)N(C)C)cs1. The van der Waals surface area contributed by atoms with E-state index >= 15 is 0 Å². The largest absolute Gasteiger partial charge is 0.339 e. The minimum absolute atomic E-state index is 0.0838. The van der Waals surface area contributed by atoms with Gasteiger partial charge in [0.2, 0.25) is 5.91 Å². The van der Waals surface area contributed by atoms with Crippen LogP contribution in [0.15, 0.2) is 5.38 Å². The van der Waals surface area contributed by atoms with E-state index in [9.17, 15) is 13.2 Å². The Morgan fingerprint density at radius 2 is 2.21 bits per heavy atom. The third-order valence-corrected chi connectivity index (χ3v) is 6.54. The first-order valence-electron chi connectivity index (χ1n) is 8.17. The van der Waals surface area contributed by atoms with Gasteiger partial charge in [-0.2, -0.15) is 12.7 Å². The van der Waals surface area contributed by atoms with Gasteiger partial charge in [0.05, 0.1) is 17.1 Å². The van der Waals surface area contributed by atoms with Crippen LogP contribution in [0.2, 0.25) is 0 Å². The minimum Gasteiger partial charge on any atom is -0.339 e. The number of aryl methyl sites for hydroxylation is 1. The zero-order chi connectivity index (χ0) is 17.7. The van der Waals surface area contributed by atoms with E-state index in [2.05, 4.69) is 9.71 Å². The van der Waals surface area contributed by atoms with E-state index in [1.54, 1.807) is 11.3 Å². The monoisotopic (exact) mass is 374 g/mol. The molecular formula is C15H26N4O3S2. The molecule has 7 nitrogen and oxygen atoms in total. The van der Waals surface area contributed by atoms with Gasteiger partial charge < -0.3 is 4.90 Å². The molecule has 1 aromatic rings. The first-order chi connectivity index (χ1) is 11.3. The summed E-state index contributed by atoms with van der Waals surface area (Å²) < 4.78 is 27.2. The van der Waals surface area contributed by atoms with Crippen molar-refractivity contribution in [3.63, 3.8) is 0 Å². The van der Waals surface area contributed by atoms with Gasteiger partial charge in [0, 0.05) is 38.6 Å². The second-order valence-electron chi connectivity index (χ2n) is 6.24. The smallest absolute Gasteiger partial charge is 0.278 e. The van der Waals surface area contributed by atoms with E-state index < -0.39 is 10.2 Å². The fraction of sp³-hybridized carbons (Fsp3) is 0.733. The Morgan fingerprint density at radius 3 is 2.83 bits per heavy atom. The highest BCUT2D eigenvalue weighted by atomic mass is 32.2. The van der Waals surface area contributed by atoms with Crippen LogP contribution in [-0.2, 0) is 21.4 Å². The second kappa shape index (κ2) is 8.37. The van der Waals surface area contributed by atoms with Gasteiger partial charge >= 0.3 is 0 Å². The molecule has 0 aliphatic carbocycles. The second-order valence-corrected chi connectivity index (χ2v) is 9.27. The summed E-state index contributed by atoms with van der Waals surface area (Å²) in [5, 5.41) is 2.89. The molecule has 9 heteroatoms. The summed E-state index contributed by atoms with van der Waals surface area (Å²) in [6.45, 7) is 3.01. The molecule has 1 fully saturated rings. The van der Waals surface area contributed by atoms with Gasteiger partial charge in [-0.3, -0.25) is 4.79 Å². The third kappa shape index (κ3) is 5.23. The van der Waals surface area contributed by atoms with Gasteiger partial charge in [-0.15, -0.1) is 11.3 Å². The highest BCUT2D eigenvalue weighted by Crippen LogP contribution is 2.21. The summed E-state index contributed by atoms with van der Waals surface area (Å²) in [7, 11) is -0.422. The Bertz CT molecular complexity index is 657. The molecule has 24 heavy (non-hydrogen) atoms. The van der Waals surface area contributed by atoms with Crippen molar-refractivity contribution in [1.29, 1.82) is 0 Å². The standard InChI is InChI=1S/C15H26N4O3S2/c1-12-17-13(11-23-12)10-15(20)19-9-5-4-6-14(19)7-8-16-24(21,22)18(2)3/h11,14,16H,4-10H2,1-3H3/t14-/m0/s1. The summed E-state index contributed by atoms with van der Waals surface area (Å²) in [6.07, 6.45) is 3.96. The van der Waals surface area contributed by atoms with Crippen LogP contribution in [-0.4, -0.2) is 61.7 Å². The number of nitrogens with zero attached hydrogens (tertiary/aromatic N) is 3. The molecule has 0 spiro atoms. The van der Waals surface area contributed by atoms with Crippen molar-refractivity contribution in [3.05, 3.63) is 16.1 Å². The first-order valence-corrected chi connectivity index (χ1v) is 10.5. The van der Waals surface area contributed by atoms with E-state index in [1.807, 2.05) is 17.2 Å². The van der Waals surface area contributed by atoms with Crippen molar-refractivity contribution in [2.75, 3.05) is 27.2 Å². The van der Waals surface area contributed by atoms with Crippen molar-refractivity contribution in [3.8, 4) is 0 Å². The van der Waals surface area contributed by atoms with Gasteiger partial charge in [0.15, 0.2) is 0 Å². The topological polar surface area (TPSA) is 82.6 Å². The normalized spacial score (nSPS) is 19.0. The van der Waals surface area contributed by atoms with Crippen molar-refractivity contribution in [2.45, 2.75) is 45.1 Å². The number of hydrogen-bond donors (Lipinski definition) is 1. The van der Waals surface area contributed by atoms with Crippen molar-refractivity contribution in [1.82, 2.24) is 18.9 Å². The lowest BCUT2D eigenvalue weighted by atomic mass is 9.99. The average Bonchev–Trinajstić information content (AvgIpc) is 2.92. The summed E-state index contributed by atoms with van der Waals surface area (Å²) in [5.74, 6) is 0.0838. The lowest BCUT2D eigenvalue weighted by Crippen LogP contribution is -2.46. The Balaban J connectivity index is 1.91. The van der Waals surface area contributed by atoms with Gasteiger partial charge in [0.1, 0.15) is 0 Å². The minimum atomic E-state index is -3.41. The quantitative estimate of drug-likeness (QED) is 0.776. The van der Waals surface area contributed by atoms with Crippen molar-refractivity contribution < 1.29 is 13.2 Å². The zero-order valence-electron chi connectivity index (χ0n) is 14.5. The summed E-state index contributed by atoms with van der Waals surface area (Å²) in [4.78, 5) is 18.9. The van der Waals surface area contributed by atoms with Crippen molar-refractivity contribution >= 4 is 27.5 Å². The van der Waals surface area contributed by atoms with Crippen LogP contribution in [0.1, 0.15) is 36.4 Å². The van der Waals surface area contributed by atoms with Crippen LogP contribution < -0.4 is 4.72 Å². The summed E-state index contributed by atoms with van der Waals surface area (Å²) in [6, 6.07) is 0.0934. The number of aromatic nitrogens is 1. The molecule has 136 valence electrons. The maximum absolute atomic E-state index is 12.6. The molecule has 2 heterocycles. The number of likely N-dealkylation sites (tertiary alicyclic amines) is 1. The molecule has 0 saturated carbocycles. The molecule has 1 aromatic heterocycles. The van der Waals surface area contributed by atoms with Gasteiger partial charge in [-0.25, -0.2) is 9.71 Å². The lowest BCUT2D eigenvalue weighted by molar-refractivity contribution is -0.134. The number of thiazole rings is 1. The Hall–Kier alpha value is -1.03. The highest BCUT2D eigenvalue weighted by Gasteiger charge is 2.27. The van der Waals surface area contributed by atoms with Crippen LogP contribution in [0.3, 0.4) is 0 Å². The maximum atomic E-state index is 12.6. The van der Waals surface area contributed by atoms with E-state index in [1.165, 1.54) is 14.1 Å². The van der Waals surface area contributed by atoms with Gasteiger partial charge in [-0.05, 0) is 32.6 Å².